The maximum Gasteiger partial charge on any atom is 0.239 e. The number of aliphatic hydroxyl groups excluding tert-OH is 1. The predicted molar refractivity (Wildman–Crippen MR) is 86.7 cm³/mol. The number of fused-ring (bicyclic) bond motifs is 1. The van der Waals surface area contributed by atoms with E-state index in [4.69, 9.17) is 5.26 Å². The molecular formula is C18H17N3O2. The molecule has 0 saturated heterocycles. The molecule has 5 heteroatoms. The number of anilines is 1. The molecule has 23 heavy (non-hydrogen) atoms. The Bertz CT molecular complexity index is 750. The van der Waals surface area contributed by atoms with E-state index < -0.39 is 6.10 Å². The van der Waals surface area contributed by atoms with E-state index >= 15 is 0 Å². The number of amides is 1. The van der Waals surface area contributed by atoms with Crippen LogP contribution in [-0.4, -0.2) is 23.7 Å². The number of nitrogens with one attached hydrogen (secondary N) is 2. The van der Waals surface area contributed by atoms with Crippen molar-refractivity contribution < 1.29 is 9.90 Å². The van der Waals surface area contributed by atoms with E-state index in [1.54, 1.807) is 24.3 Å². The summed E-state index contributed by atoms with van der Waals surface area (Å²) in [6, 6.07) is 16.3. The van der Waals surface area contributed by atoms with Crippen molar-refractivity contribution >= 4 is 11.6 Å². The highest BCUT2D eigenvalue weighted by molar-refractivity contribution is 5.81. The van der Waals surface area contributed by atoms with Gasteiger partial charge < -0.3 is 15.7 Å². The van der Waals surface area contributed by atoms with Crippen molar-refractivity contribution in [3.05, 3.63) is 65.2 Å². The summed E-state index contributed by atoms with van der Waals surface area (Å²) in [6.07, 6.45) is -0.0317. The Morgan fingerprint density at radius 1 is 1.22 bits per heavy atom. The van der Waals surface area contributed by atoms with Crippen LogP contribution >= 0.6 is 0 Å². The SMILES string of the molecule is N#Cc1ccc(NCC(=O)NC2c3ccccc3CC2O)cc1. The molecule has 1 aliphatic rings. The largest absolute Gasteiger partial charge is 0.390 e. The number of hydrogen-bond acceptors (Lipinski definition) is 4. The van der Waals surface area contributed by atoms with Crippen LogP contribution in [0.4, 0.5) is 5.69 Å². The molecule has 116 valence electrons. The Labute approximate surface area is 134 Å². The van der Waals surface area contributed by atoms with Crippen molar-refractivity contribution in [2.24, 2.45) is 0 Å². The molecule has 1 aliphatic carbocycles. The fourth-order valence-corrected chi connectivity index (χ4v) is 2.82. The standard InChI is InChI=1S/C18H17N3O2/c19-10-12-5-7-14(8-6-12)20-11-17(23)21-18-15-4-2-1-3-13(15)9-16(18)22/h1-8,16,18,20,22H,9,11H2,(H,21,23). The molecule has 0 spiro atoms. The molecule has 2 aromatic rings. The highest BCUT2D eigenvalue weighted by Gasteiger charge is 2.31. The van der Waals surface area contributed by atoms with Crippen LogP contribution in [0.15, 0.2) is 48.5 Å². The van der Waals surface area contributed by atoms with Crippen LogP contribution in [-0.2, 0) is 11.2 Å². The highest BCUT2D eigenvalue weighted by Crippen LogP contribution is 2.31. The molecule has 3 rings (SSSR count). The Morgan fingerprint density at radius 3 is 2.70 bits per heavy atom. The van der Waals surface area contributed by atoms with E-state index in [-0.39, 0.29) is 18.5 Å². The maximum absolute atomic E-state index is 12.1. The van der Waals surface area contributed by atoms with E-state index in [9.17, 15) is 9.90 Å². The average Bonchev–Trinajstić information content (AvgIpc) is 2.89. The summed E-state index contributed by atoms with van der Waals surface area (Å²) in [4.78, 5) is 12.1. The lowest BCUT2D eigenvalue weighted by Gasteiger charge is -2.18. The summed E-state index contributed by atoms with van der Waals surface area (Å²) in [5.74, 6) is -0.185. The molecule has 0 saturated carbocycles. The van der Waals surface area contributed by atoms with Crippen LogP contribution in [0.25, 0.3) is 0 Å². The second-order valence-electron chi connectivity index (χ2n) is 5.56. The fourth-order valence-electron chi connectivity index (χ4n) is 2.82. The van der Waals surface area contributed by atoms with Crippen molar-refractivity contribution in [2.75, 3.05) is 11.9 Å². The normalized spacial score (nSPS) is 18.8. The van der Waals surface area contributed by atoms with Crippen LogP contribution < -0.4 is 10.6 Å². The molecule has 0 fully saturated rings. The summed E-state index contributed by atoms with van der Waals surface area (Å²) >= 11 is 0. The van der Waals surface area contributed by atoms with Gasteiger partial charge >= 0.3 is 0 Å². The molecule has 2 atom stereocenters. The molecule has 0 aliphatic heterocycles. The van der Waals surface area contributed by atoms with Gasteiger partial charge in [0.25, 0.3) is 0 Å². The van der Waals surface area contributed by atoms with Crippen LogP contribution in [0.2, 0.25) is 0 Å². The molecule has 3 N–H and O–H groups in total. The molecule has 0 heterocycles. The summed E-state index contributed by atoms with van der Waals surface area (Å²) in [6.45, 7) is 0.108. The van der Waals surface area contributed by atoms with Crippen LogP contribution in [0.5, 0.6) is 0 Å². The molecule has 0 radical (unpaired) electrons. The summed E-state index contributed by atoms with van der Waals surface area (Å²) < 4.78 is 0. The fraction of sp³-hybridized carbons (Fsp3) is 0.222. The van der Waals surface area contributed by atoms with E-state index in [0.717, 1.165) is 16.8 Å². The van der Waals surface area contributed by atoms with Crippen molar-refractivity contribution in [2.45, 2.75) is 18.6 Å². The number of benzene rings is 2. The summed E-state index contributed by atoms with van der Waals surface area (Å²) in [7, 11) is 0. The van der Waals surface area contributed by atoms with E-state index in [0.29, 0.717) is 12.0 Å². The lowest BCUT2D eigenvalue weighted by atomic mass is 10.1. The van der Waals surface area contributed by atoms with Crippen molar-refractivity contribution in [1.82, 2.24) is 5.32 Å². The molecule has 5 nitrogen and oxygen atoms in total. The number of nitriles is 1. The summed E-state index contributed by atoms with van der Waals surface area (Å²) in [5, 5.41) is 24.8. The average molecular weight is 307 g/mol. The number of carbonyl (C=O) groups is 1. The van der Waals surface area contributed by atoms with Crippen molar-refractivity contribution in [3.63, 3.8) is 0 Å². The van der Waals surface area contributed by atoms with Crippen molar-refractivity contribution in [1.29, 1.82) is 5.26 Å². The Hall–Kier alpha value is -2.84. The van der Waals surface area contributed by atoms with Gasteiger partial charge in [-0.2, -0.15) is 5.26 Å². The van der Waals surface area contributed by atoms with Gasteiger partial charge in [-0.05, 0) is 35.4 Å². The third-order valence-electron chi connectivity index (χ3n) is 3.99. The monoisotopic (exact) mass is 307 g/mol. The number of carbonyl (C=O) groups excluding carboxylic acids is 1. The van der Waals surface area contributed by atoms with Gasteiger partial charge in [0, 0.05) is 12.1 Å². The van der Waals surface area contributed by atoms with Gasteiger partial charge in [-0.15, -0.1) is 0 Å². The minimum atomic E-state index is -0.591. The minimum Gasteiger partial charge on any atom is -0.390 e. The van der Waals surface area contributed by atoms with Gasteiger partial charge in [-0.25, -0.2) is 0 Å². The van der Waals surface area contributed by atoms with Gasteiger partial charge in [0.05, 0.1) is 30.3 Å². The molecule has 2 unspecified atom stereocenters. The van der Waals surface area contributed by atoms with Gasteiger partial charge in [0.1, 0.15) is 0 Å². The smallest absolute Gasteiger partial charge is 0.239 e. The lowest BCUT2D eigenvalue weighted by Crippen LogP contribution is -2.37. The Kier molecular flexibility index (Phi) is 4.26. The Morgan fingerprint density at radius 2 is 1.96 bits per heavy atom. The van der Waals surface area contributed by atoms with E-state index in [2.05, 4.69) is 10.6 Å². The maximum atomic E-state index is 12.1. The zero-order chi connectivity index (χ0) is 16.2. The summed E-state index contributed by atoms with van der Waals surface area (Å²) in [5.41, 5.74) is 3.40. The number of aliphatic hydroxyl groups is 1. The highest BCUT2D eigenvalue weighted by atomic mass is 16.3. The van der Waals surface area contributed by atoms with Crippen LogP contribution in [0, 0.1) is 11.3 Å². The first kappa shape index (κ1) is 15.1. The molecule has 2 aromatic carbocycles. The second-order valence-corrected chi connectivity index (χ2v) is 5.56. The number of nitrogens with zero attached hydrogens (tertiary/aromatic N) is 1. The molecule has 1 amide bonds. The molecule has 0 aromatic heterocycles. The number of rotatable bonds is 4. The van der Waals surface area contributed by atoms with Gasteiger partial charge in [-0.1, -0.05) is 24.3 Å². The molecular weight excluding hydrogens is 290 g/mol. The lowest BCUT2D eigenvalue weighted by molar-refractivity contribution is -0.120. The van der Waals surface area contributed by atoms with Gasteiger partial charge in [-0.3, -0.25) is 4.79 Å². The van der Waals surface area contributed by atoms with E-state index in [1.807, 2.05) is 30.3 Å². The van der Waals surface area contributed by atoms with Gasteiger partial charge in [0.15, 0.2) is 0 Å². The predicted octanol–water partition coefficient (Wildman–Crippen LogP) is 1.74. The Balaban J connectivity index is 1.58. The minimum absolute atomic E-state index is 0.108. The first-order chi connectivity index (χ1) is 11.2. The first-order valence-electron chi connectivity index (χ1n) is 7.46. The number of hydrogen-bond donors (Lipinski definition) is 3. The zero-order valence-corrected chi connectivity index (χ0v) is 12.5. The third kappa shape index (κ3) is 3.33. The first-order valence-corrected chi connectivity index (χ1v) is 7.46. The second kappa shape index (κ2) is 6.51. The molecule has 0 bridgehead atoms. The van der Waals surface area contributed by atoms with Crippen molar-refractivity contribution in [3.8, 4) is 6.07 Å². The zero-order valence-electron chi connectivity index (χ0n) is 12.5. The van der Waals surface area contributed by atoms with Crippen LogP contribution in [0.3, 0.4) is 0 Å². The third-order valence-corrected chi connectivity index (χ3v) is 3.99. The van der Waals surface area contributed by atoms with E-state index in [1.165, 1.54) is 0 Å². The quantitative estimate of drug-likeness (QED) is 0.803. The van der Waals surface area contributed by atoms with Gasteiger partial charge in [0.2, 0.25) is 5.91 Å². The topological polar surface area (TPSA) is 85.2 Å². The van der Waals surface area contributed by atoms with Crippen LogP contribution in [0.1, 0.15) is 22.7 Å².